The predicted octanol–water partition coefficient (Wildman–Crippen LogP) is 3.80. The van der Waals surface area contributed by atoms with Gasteiger partial charge in [-0.3, -0.25) is 9.78 Å². The first-order valence-corrected chi connectivity index (χ1v) is 9.22. The molecule has 0 saturated carbocycles. The van der Waals surface area contributed by atoms with Crippen LogP contribution in [0.15, 0.2) is 79.1 Å². The highest BCUT2D eigenvalue weighted by molar-refractivity contribution is 5.95. The molecule has 1 aromatic heterocycles. The van der Waals surface area contributed by atoms with Crippen molar-refractivity contribution in [1.29, 1.82) is 0 Å². The summed E-state index contributed by atoms with van der Waals surface area (Å²) in [5.41, 5.74) is 4.59. The molecule has 1 aliphatic carbocycles. The maximum absolute atomic E-state index is 13.1. The molecule has 0 saturated heterocycles. The van der Waals surface area contributed by atoms with E-state index in [-0.39, 0.29) is 18.6 Å². The van der Waals surface area contributed by atoms with E-state index in [2.05, 4.69) is 29.2 Å². The van der Waals surface area contributed by atoms with Gasteiger partial charge in [-0.1, -0.05) is 42.5 Å². The highest BCUT2D eigenvalue weighted by Gasteiger charge is 2.30. The summed E-state index contributed by atoms with van der Waals surface area (Å²) in [5.74, 6) is -0.00642. The maximum atomic E-state index is 13.1. The number of carbonyl (C=O) groups excluding carboxylic acids is 1. The number of hydrogen-bond acceptors (Lipinski definition) is 3. The van der Waals surface area contributed by atoms with Crippen LogP contribution in [0.2, 0.25) is 0 Å². The van der Waals surface area contributed by atoms with Crippen LogP contribution in [0, 0.1) is 0 Å². The van der Waals surface area contributed by atoms with E-state index in [1.165, 1.54) is 11.1 Å². The quantitative estimate of drug-likeness (QED) is 0.673. The van der Waals surface area contributed by atoms with Gasteiger partial charge in [-0.2, -0.15) is 0 Å². The van der Waals surface area contributed by atoms with E-state index in [1.807, 2.05) is 47.4 Å². The number of nitrogens with zero attached hydrogens (tertiary/aromatic N) is 2. The summed E-state index contributed by atoms with van der Waals surface area (Å²) in [5, 5.41) is 0. The first-order chi connectivity index (χ1) is 13.3. The van der Waals surface area contributed by atoms with Crippen molar-refractivity contribution in [3.63, 3.8) is 0 Å². The fourth-order valence-corrected chi connectivity index (χ4v) is 3.67. The second kappa shape index (κ2) is 8.14. The summed E-state index contributed by atoms with van der Waals surface area (Å²) >= 11 is 0. The molecule has 0 radical (unpaired) electrons. The summed E-state index contributed by atoms with van der Waals surface area (Å²) in [7, 11) is 0. The Bertz CT molecular complexity index is 872. The number of pyridine rings is 1. The van der Waals surface area contributed by atoms with E-state index in [0.29, 0.717) is 6.61 Å². The minimum atomic E-state index is -0.00642. The average molecular weight is 358 g/mol. The van der Waals surface area contributed by atoms with E-state index in [1.54, 1.807) is 12.4 Å². The topological polar surface area (TPSA) is 42.4 Å². The van der Waals surface area contributed by atoms with Gasteiger partial charge >= 0.3 is 0 Å². The van der Waals surface area contributed by atoms with Gasteiger partial charge in [0.2, 0.25) is 0 Å². The average Bonchev–Trinajstić information content (AvgIpc) is 3.13. The molecule has 4 heteroatoms. The largest absolute Gasteiger partial charge is 0.367 e. The lowest BCUT2D eigenvalue weighted by molar-refractivity contribution is -0.124. The molecular formula is C23H22N2O2. The first kappa shape index (κ1) is 17.4. The molecule has 0 spiro atoms. The third-order valence-corrected chi connectivity index (χ3v) is 4.94. The van der Waals surface area contributed by atoms with Crippen molar-refractivity contribution < 1.29 is 9.53 Å². The molecule has 0 bridgehead atoms. The molecule has 0 aliphatic heterocycles. The number of ether oxygens (including phenoxy) is 1. The van der Waals surface area contributed by atoms with Crippen LogP contribution in [0.25, 0.3) is 0 Å². The SMILES string of the molecule is O=C(COCc1ccncc1)N(c1ccccc1)C1Cc2ccccc2C1. The Morgan fingerprint density at radius 1 is 0.926 bits per heavy atom. The summed E-state index contributed by atoms with van der Waals surface area (Å²) in [6.45, 7) is 0.464. The highest BCUT2D eigenvalue weighted by atomic mass is 16.5. The minimum Gasteiger partial charge on any atom is -0.367 e. The van der Waals surface area contributed by atoms with Gasteiger partial charge in [0, 0.05) is 24.1 Å². The number of hydrogen-bond donors (Lipinski definition) is 0. The van der Waals surface area contributed by atoms with E-state index in [4.69, 9.17) is 4.74 Å². The van der Waals surface area contributed by atoms with Crippen molar-refractivity contribution in [2.75, 3.05) is 11.5 Å². The third kappa shape index (κ3) is 4.07. The summed E-state index contributed by atoms with van der Waals surface area (Å²) < 4.78 is 5.70. The third-order valence-electron chi connectivity index (χ3n) is 4.94. The Morgan fingerprint density at radius 2 is 1.56 bits per heavy atom. The number of anilines is 1. The summed E-state index contributed by atoms with van der Waals surface area (Å²) in [6.07, 6.45) is 5.21. The number of fused-ring (bicyclic) bond motifs is 1. The monoisotopic (exact) mass is 358 g/mol. The molecule has 2 aromatic carbocycles. The van der Waals surface area contributed by atoms with Crippen LogP contribution in [-0.2, 0) is 29.0 Å². The predicted molar refractivity (Wildman–Crippen MR) is 105 cm³/mol. The Morgan fingerprint density at radius 3 is 2.22 bits per heavy atom. The normalized spacial score (nSPS) is 13.3. The van der Waals surface area contributed by atoms with Gasteiger partial charge in [-0.15, -0.1) is 0 Å². The summed E-state index contributed by atoms with van der Waals surface area (Å²) in [4.78, 5) is 19.0. The molecule has 3 aromatic rings. The van der Waals surface area contributed by atoms with Crippen LogP contribution in [0.1, 0.15) is 16.7 Å². The number of benzene rings is 2. The molecule has 1 amide bonds. The first-order valence-electron chi connectivity index (χ1n) is 9.22. The van der Waals surface area contributed by atoms with Gasteiger partial charge in [0.1, 0.15) is 6.61 Å². The van der Waals surface area contributed by atoms with Crippen molar-refractivity contribution in [3.05, 3.63) is 95.8 Å². The van der Waals surface area contributed by atoms with Crippen LogP contribution in [0.3, 0.4) is 0 Å². The van der Waals surface area contributed by atoms with E-state index < -0.39 is 0 Å². The molecule has 4 rings (SSSR count). The molecular weight excluding hydrogens is 336 g/mol. The van der Waals surface area contributed by atoms with E-state index in [0.717, 1.165) is 24.1 Å². The molecule has 1 heterocycles. The van der Waals surface area contributed by atoms with Crippen LogP contribution >= 0.6 is 0 Å². The highest BCUT2D eigenvalue weighted by Crippen LogP contribution is 2.29. The lowest BCUT2D eigenvalue weighted by Gasteiger charge is -2.29. The number of aromatic nitrogens is 1. The van der Waals surface area contributed by atoms with Crippen LogP contribution in [0.5, 0.6) is 0 Å². The van der Waals surface area contributed by atoms with E-state index >= 15 is 0 Å². The van der Waals surface area contributed by atoms with Crippen LogP contribution in [-0.4, -0.2) is 23.5 Å². The smallest absolute Gasteiger partial charge is 0.253 e. The minimum absolute atomic E-state index is 0.00642. The van der Waals surface area contributed by atoms with Crippen molar-refractivity contribution >= 4 is 11.6 Å². The number of para-hydroxylation sites is 1. The fraction of sp³-hybridized carbons (Fsp3) is 0.217. The Balaban J connectivity index is 1.48. The molecule has 0 N–H and O–H groups in total. The van der Waals surface area contributed by atoms with Gasteiger partial charge in [-0.25, -0.2) is 0 Å². The van der Waals surface area contributed by atoms with Gasteiger partial charge in [0.05, 0.1) is 6.61 Å². The second-order valence-electron chi connectivity index (χ2n) is 6.78. The zero-order valence-electron chi connectivity index (χ0n) is 15.1. The zero-order chi connectivity index (χ0) is 18.5. The molecule has 4 nitrogen and oxygen atoms in total. The fourth-order valence-electron chi connectivity index (χ4n) is 3.67. The van der Waals surface area contributed by atoms with Gasteiger partial charge in [0.15, 0.2) is 0 Å². The van der Waals surface area contributed by atoms with Crippen molar-refractivity contribution in [1.82, 2.24) is 4.98 Å². The molecule has 1 aliphatic rings. The molecule has 27 heavy (non-hydrogen) atoms. The maximum Gasteiger partial charge on any atom is 0.253 e. The lowest BCUT2D eigenvalue weighted by Crippen LogP contribution is -2.43. The van der Waals surface area contributed by atoms with Crippen molar-refractivity contribution in [2.24, 2.45) is 0 Å². The Labute approximate surface area is 159 Å². The Kier molecular flexibility index (Phi) is 5.26. The molecule has 0 unspecified atom stereocenters. The number of carbonyl (C=O) groups is 1. The van der Waals surface area contributed by atoms with E-state index in [9.17, 15) is 4.79 Å². The molecule has 0 fully saturated rings. The molecule has 136 valence electrons. The second-order valence-corrected chi connectivity index (χ2v) is 6.78. The van der Waals surface area contributed by atoms with Gasteiger partial charge in [-0.05, 0) is 53.8 Å². The molecule has 0 atom stereocenters. The standard InChI is InChI=1S/C23H22N2O2/c26-23(17-27-16-18-10-12-24-13-11-18)25(21-8-2-1-3-9-21)22-14-19-6-4-5-7-20(19)15-22/h1-13,22H,14-17H2. The Hall–Kier alpha value is -2.98. The van der Waals surface area contributed by atoms with Crippen LogP contribution in [0.4, 0.5) is 5.69 Å². The zero-order valence-corrected chi connectivity index (χ0v) is 15.1. The van der Waals surface area contributed by atoms with Gasteiger partial charge in [0.25, 0.3) is 5.91 Å². The van der Waals surface area contributed by atoms with Crippen LogP contribution < -0.4 is 4.90 Å². The van der Waals surface area contributed by atoms with Crippen molar-refractivity contribution in [3.8, 4) is 0 Å². The lowest BCUT2D eigenvalue weighted by atomic mass is 10.1. The number of amides is 1. The van der Waals surface area contributed by atoms with Crippen molar-refractivity contribution in [2.45, 2.75) is 25.5 Å². The van der Waals surface area contributed by atoms with Gasteiger partial charge < -0.3 is 9.64 Å². The summed E-state index contributed by atoms with van der Waals surface area (Å²) in [6, 6.07) is 22.2. The number of rotatable bonds is 6.